The van der Waals surface area contributed by atoms with Gasteiger partial charge in [0.2, 0.25) is 0 Å². The number of nitrogens with one attached hydrogen (secondary N) is 1. The van der Waals surface area contributed by atoms with Gasteiger partial charge in [-0.25, -0.2) is 0 Å². The molecule has 2 aromatic heterocycles. The summed E-state index contributed by atoms with van der Waals surface area (Å²) in [4.78, 5) is 28.3. The lowest BCUT2D eigenvalue weighted by Crippen LogP contribution is -2.18. The first kappa shape index (κ1) is 28.4. The van der Waals surface area contributed by atoms with Crippen LogP contribution in [0.15, 0.2) is 64.5 Å². The summed E-state index contributed by atoms with van der Waals surface area (Å²) in [5, 5.41) is 8.37. The van der Waals surface area contributed by atoms with Gasteiger partial charge in [-0.3, -0.25) is 14.6 Å². The van der Waals surface area contributed by atoms with Crippen LogP contribution in [0.25, 0.3) is 5.69 Å². The van der Waals surface area contributed by atoms with Crippen LogP contribution in [0.2, 0.25) is 0 Å². The minimum Gasteiger partial charge on any atom is -0.318 e. The SMILES string of the molecule is Cc1cc(C(=O)CSc2nnc(Cc3ccc(C(C)(C)C)cc3)c(=O)[nH]2)c(C)n1-c1cccc(C(F)(F)F)c1. The Bertz CT molecular complexity index is 1570. The van der Waals surface area contributed by atoms with Gasteiger partial charge in [0.05, 0.1) is 11.3 Å². The van der Waals surface area contributed by atoms with Crippen LogP contribution in [0.1, 0.15) is 64.9 Å². The van der Waals surface area contributed by atoms with Gasteiger partial charge in [-0.15, -0.1) is 10.2 Å². The molecule has 0 unspecified atom stereocenters. The molecule has 1 N–H and O–H groups in total. The maximum atomic E-state index is 13.2. The van der Waals surface area contributed by atoms with Gasteiger partial charge in [0.25, 0.3) is 5.56 Å². The molecule has 4 rings (SSSR count). The Morgan fingerprint density at radius 1 is 0.974 bits per heavy atom. The molecule has 4 aromatic rings. The molecule has 0 amide bonds. The van der Waals surface area contributed by atoms with Gasteiger partial charge in [-0.1, -0.05) is 62.9 Å². The Morgan fingerprint density at radius 2 is 1.67 bits per heavy atom. The maximum Gasteiger partial charge on any atom is 0.416 e. The van der Waals surface area contributed by atoms with E-state index >= 15 is 0 Å². The average Bonchev–Trinajstić information content (AvgIpc) is 3.17. The third-order valence-electron chi connectivity index (χ3n) is 6.44. The van der Waals surface area contributed by atoms with Crippen molar-refractivity contribution in [2.75, 3.05) is 5.75 Å². The number of carbonyl (C=O) groups is 1. The number of carbonyl (C=O) groups excluding carboxylic acids is 1. The standard InChI is InChI=1S/C29H29F3N4O2S/c1-17-13-23(18(2)36(17)22-8-6-7-21(15-22)29(30,31)32)25(37)16-39-27-33-26(38)24(34-35-27)14-19-9-11-20(12-10-19)28(3,4)5/h6-13,15H,14,16H2,1-5H3,(H,33,35,38). The molecule has 0 radical (unpaired) electrons. The molecule has 0 saturated heterocycles. The van der Waals surface area contributed by atoms with Crippen molar-refractivity contribution in [2.24, 2.45) is 0 Å². The highest BCUT2D eigenvalue weighted by molar-refractivity contribution is 7.99. The first-order chi connectivity index (χ1) is 18.2. The van der Waals surface area contributed by atoms with E-state index in [0.29, 0.717) is 29.1 Å². The second-order valence-corrected chi connectivity index (χ2v) is 11.4. The summed E-state index contributed by atoms with van der Waals surface area (Å²) < 4.78 is 41.2. The quantitative estimate of drug-likeness (QED) is 0.210. The van der Waals surface area contributed by atoms with Crippen LogP contribution in [0.3, 0.4) is 0 Å². The van der Waals surface area contributed by atoms with Gasteiger partial charge in [-0.2, -0.15) is 13.2 Å². The Kier molecular flexibility index (Phi) is 7.88. The Labute approximate surface area is 228 Å². The number of thioether (sulfide) groups is 1. The zero-order valence-corrected chi connectivity index (χ0v) is 23.1. The van der Waals surface area contributed by atoms with Crippen LogP contribution in [0, 0.1) is 13.8 Å². The summed E-state index contributed by atoms with van der Waals surface area (Å²) in [5.74, 6) is -0.262. The molecule has 0 aliphatic rings. The molecule has 0 aliphatic heterocycles. The molecule has 0 bridgehead atoms. The zero-order valence-electron chi connectivity index (χ0n) is 22.3. The van der Waals surface area contributed by atoms with Crippen molar-refractivity contribution < 1.29 is 18.0 Å². The number of nitrogens with zero attached hydrogens (tertiary/aromatic N) is 3. The highest BCUT2D eigenvalue weighted by atomic mass is 32.2. The van der Waals surface area contributed by atoms with Crippen LogP contribution < -0.4 is 5.56 Å². The number of H-pyrrole nitrogens is 1. The highest BCUT2D eigenvalue weighted by Gasteiger charge is 2.31. The number of ketones is 1. The summed E-state index contributed by atoms with van der Waals surface area (Å²) in [6.07, 6.45) is -4.14. The van der Waals surface area contributed by atoms with Gasteiger partial charge >= 0.3 is 6.18 Å². The number of alkyl halides is 3. The number of aryl methyl sites for hydroxylation is 1. The fraction of sp³-hybridized carbons (Fsp3) is 0.310. The molecular formula is C29H29F3N4O2S. The molecule has 10 heteroatoms. The van der Waals surface area contributed by atoms with Gasteiger partial charge in [0.1, 0.15) is 5.69 Å². The maximum absolute atomic E-state index is 13.2. The average molecular weight is 555 g/mol. The molecule has 204 valence electrons. The van der Waals surface area contributed by atoms with E-state index < -0.39 is 11.7 Å². The fourth-order valence-corrected chi connectivity index (χ4v) is 5.00. The molecular weight excluding hydrogens is 525 g/mol. The van der Waals surface area contributed by atoms with E-state index in [0.717, 1.165) is 29.5 Å². The van der Waals surface area contributed by atoms with Gasteiger partial charge in [-0.05, 0) is 54.7 Å². The summed E-state index contributed by atoms with van der Waals surface area (Å²) in [5.41, 5.74) is 3.19. The predicted octanol–water partition coefficient (Wildman–Crippen LogP) is 6.45. The number of hydrogen-bond donors (Lipinski definition) is 1. The molecule has 0 aliphatic carbocycles. The van der Waals surface area contributed by atoms with Crippen molar-refractivity contribution in [2.45, 2.75) is 57.8 Å². The normalized spacial score (nSPS) is 12.1. The number of hydrogen-bond acceptors (Lipinski definition) is 5. The van der Waals surface area contributed by atoms with Crippen LogP contribution in [0.5, 0.6) is 0 Å². The van der Waals surface area contributed by atoms with Crippen molar-refractivity contribution >= 4 is 17.5 Å². The van der Waals surface area contributed by atoms with E-state index in [1.165, 1.54) is 11.6 Å². The zero-order chi connectivity index (χ0) is 28.5. The third-order valence-corrected chi connectivity index (χ3v) is 7.30. The summed E-state index contributed by atoms with van der Waals surface area (Å²) in [6.45, 7) is 9.82. The van der Waals surface area contributed by atoms with E-state index in [1.54, 1.807) is 30.5 Å². The fourth-order valence-electron chi connectivity index (χ4n) is 4.32. The summed E-state index contributed by atoms with van der Waals surface area (Å²) in [6, 6.07) is 14.7. The number of aromatic amines is 1. The minimum atomic E-state index is -4.47. The van der Waals surface area contributed by atoms with E-state index in [9.17, 15) is 22.8 Å². The lowest BCUT2D eigenvalue weighted by atomic mass is 9.86. The van der Waals surface area contributed by atoms with Gasteiger partial charge in [0, 0.05) is 29.1 Å². The van der Waals surface area contributed by atoms with Crippen LogP contribution >= 0.6 is 11.8 Å². The molecule has 0 spiro atoms. The Morgan fingerprint density at radius 3 is 2.28 bits per heavy atom. The van der Waals surface area contributed by atoms with Crippen molar-refractivity contribution in [1.29, 1.82) is 0 Å². The molecule has 6 nitrogen and oxygen atoms in total. The molecule has 2 aromatic carbocycles. The number of halogens is 3. The molecule has 0 saturated carbocycles. The van der Waals surface area contributed by atoms with Crippen molar-refractivity contribution in [3.8, 4) is 5.69 Å². The predicted molar refractivity (Wildman–Crippen MR) is 146 cm³/mol. The second kappa shape index (κ2) is 10.8. The van der Waals surface area contributed by atoms with E-state index in [4.69, 9.17) is 0 Å². The monoisotopic (exact) mass is 554 g/mol. The molecule has 0 atom stereocenters. The van der Waals surface area contributed by atoms with E-state index in [-0.39, 0.29) is 33.4 Å². The highest BCUT2D eigenvalue weighted by Crippen LogP contribution is 2.32. The number of Topliss-reactive ketones (excluding diaryl/α,β-unsaturated/α-hetero) is 1. The summed E-state index contributed by atoms with van der Waals surface area (Å²) in [7, 11) is 0. The van der Waals surface area contributed by atoms with Crippen molar-refractivity contribution in [1.82, 2.24) is 19.7 Å². The second-order valence-electron chi connectivity index (χ2n) is 10.4. The lowest BCUT2D eigenvalue weighted by molar-refractivity contribution is -0.137. The molecule has 0 fully saturated rings. The minimum absolute atomic E-state index is 0.0227. The Hall–Kier alpha value is -3.66. The largest absolute Gasteiger partial charge is 0.416 e. The number of benzene rings is 2. The van der Waals surface area contributed by atoms with E-state index in [2.05, 4.69) is 36.0 Å². The van der Waals surface area contributed by atoms with Crippen LogP contribution in [-0.2, 0) is 18.0 Å². The smallest absolute Gasteiger partial charge is 0.318 e. The summed E-state index contributed by atoms with van der Waals surface area (Å²) >= 11 is 1.05. The Balaban J connectivity index is 1.45. The molecule has 2 heterocycles. The number of rotatable bonds is 7. The van der Waals surface area contributed by atoms with Crippen LogP contribution in [-0.4, -0.2) is 31.3 Å². The first-order valence-electron chi connectivity index (χ1n) is 12.3. The molecule has 39 heavy (non-hydrogen) atoms. The number of aromatic nitrogens is 4. The van der Waals surface area contributed by atoms with Gasteiger partial charge in [0.15, 0.2) is 10.9 Å². The first-order valence-corrected chi connectivity index (χ1v) is 13.3. The lowest BCUT2D eigenvalue weighted by Gasteiger charge is -2.19. The third kappa shape index (κ3) is 6.50. The van der Waals surface area contributed by atoms with E-state index in [1.807, 2.05) is 24.3 Å². The van der Waals surface area contributed by atoms with Gasteiger partial charge < -0.3 is 4.57 Å². The van der Waals surface area contributed by atoms with Crippen LogP contribution in [0.4, 0.5) is 13.2 Å². The van der Waals surface area contributed by atoms with Crippen molar-refractivity contribution in [3.05, 3.63) is 104 Å². The topological polar surface area (TPSA) is 80.6 Å². The van der Waals surface area contributed by atoms with Crippen molar-refractivity contribution in [3.63, 3.8) is 0 Å².